The van der Waals surface area contributed by atoms with Crippen molar-refractivity contribution < 1.29 is 18.7 Å². The number of ether oxygens (including phenoxy) is 2. The third-order valence-corrected chi connectivity index (χ3v) is 6.41. The van der Waals surface area contributed by atoms with Crippen molar-refractivity contribution in [2.75, 3.05) is 13.7 Å². The van der Waals surface area contributed by atoms with Gasteiger partial charge >= 0.3 is 0 Å². The van der Waals surface area contributed by atoms with E-state index >= 15 is 0 Å². The molecular formula is C29H27NO5. The van der Waals surface area contributed by atoms with E-state index in [4.69, 9.17) is 13.9 Å². The highest BCUT2D eigenvalue weighted by atomic mass is 16.5. The molecule has 0 saturated heterocycles. The smallest absolute Gasteiger partial charge is 0.291 e. The minimum Gasteiger partial charge on any atom is -0.493 e. The molecule has 0 spiro atoms. The summed E-state index contributed by atoms with van der Waals surface area (Å²) in [6.07, 6.45) is 0. The van der Waals surface area contributed by atoms with Gasteiger partial charge in [0.2, 0.25) is 5.76 Å². The van der Waals surface area contributed by atoms with Gasteiger partial charge in [-0.3, -0.25) is 9.59 Å². The van der Waals surface area contributed by atoms with E-state index in [1.54, 1.807) is 12.0 Å². The summed E-state index contributed by atoms with van der Waals surface area (Å²) >= 11 is 0. The van der Waals surface area contributed by atoms with E-state index in [9.17, 15) is 9.59 Å². The van der Waals surface area contributed by atoms with Crippen LogP contribution in [0.2, 0.25) is 0 Å². The van der Waals surface area contributed by atoms with E-state index in [0.717, 1.165) is 22.3 Å². The zero-order chi connectivity index (χ0) is 24.7. The Morgan fingerprint density at radius 2 is 1.74 bits per heavy atom. The van der Waals surface area contributed by atoms with Gasteiger partial charge < -0.3 is 18.8 Å². The number of amides is 1. The quantitative estimate of drug-likeness (QED) is 0.370. The molecule has 0 N–H and O–H groups in total. The average Bonchev–Trinajstić information content (AvgIpc) is 3.11. The summed E-state index contributed by atoms with van der Waals surface area (Å²) in [6.45, 7) is 6.57. The van der Waals surface area contributed by atoms with Crippen molar-refractivity contribution in [2.24, 2.45) is 0 Å². The molecule has 178 valence electrons. The van der Waals surface area contributed by atoms with Gasteiger partial charge in [0.15, 0.2) is 16.9 Å². The molecule has 0 fully saturated rings. The number of hydrogen-bond acceptors (Lipinski definition) is 5. The summed E-state index contributed by atoms with van der Waals surface area (Å²) in [7, 11) is 1.57. The number of benzene rings is 3. The van der Waals surface area contributed by atoms with Gasteiger partial charge in [0, 0.05) is 6.54 Å². The van der Waals surface area contributed by atoms with Gasteiger partial charge in [-0.2, -0.15) is 0 Å². The standard InChI is InChI=1S/C29H27NO5/c1-5-34-21-12-11-20(15-22(21)33-4)26-25-27(31)24-18(3)13-17(2)14-23(24)35-28(25)29(32)30(26)16-19-9-7-6-8-10-19/h6-15,26H,5,16H2,1-4H3. The number of nitrogens with zero attached hydrogens (tertiary/aromatic N) is 1. The summed E-state index contributed by atoms with van der Waals surface area (Å²) in [5.41, 5.74) is 4.12. The van der Waals surface area contributed by atoms with Crippen LogP contribution in [0.15, 0.2) is 69.9 Å². The molecule has 1 atom stereocenters. The molecule has 5 rings (SSSR count). The van der Waals surface area contributed by atoms with Crippen molar-refractivity contribution in [1.29, 1.82) is 0 Å². The summed E-state index contributed by atoms with van der Waals surface area (Å²) in [5, 5.41) is 0.506. The highest BCUT2D eigenvalue weighted by molar-refractivity contribution is 5.99. The Balaban J connectivity index is 1.75. The monoisotopic (exact) mass is 469 g/mol. The summed E-state index contributed by atoms with van der Waals surface area (Å²) < 4.78 is 17.4. The molecule has 1 amide bonds. The van der Waals surface area contributed by atoms with E-state index in [1.807, 2.05) is 81.4 Å². The zero-order valence-corrected chi connectivity index (χ0v) is 20.3. The number of rotatable bonds is 6. The Hall–Kier alpha value is -4.06. The van der Waals surface area contributed by atoms with Crippen molar-refractivity contribution in [3.63, 3.8) is 0 Å². The van der Waals surface area contributed by atoms with Crippen LogP contribution >= 0.6 is 0 Å². The minimum absolute atomic E-state index is 0.0984. The highest BCUT2D eigenvalue weighted by Gasteiger charge is 2.43. The van der Waals surface area contributed by atoms with Crippen LogP contribution in [0.3, 0.4) is 0 Å². The number of aryl methyl sites for hydroxylation is 2. The van der Waals surface area contributed by atoms with E-state index in [-0.39, 0.29) is 17.1 Å². The number of methoxy groups -OCH3 is 1. The van der Waals surface area contributed by atoms with Crippen LogP contribution < -0.4 is 14.9 Å². The van der Waals surface area contributed by atoms with Gasteiger partial charge in [0.25, 0.3) is 5.91 Å². The van der Waals surface area contributed by atoms with E-state index in [1.165, 1.54) is 0 Å². The molecule has 0 radical (unpaired) electrons. The van der Waals surface area contributed by atoms with Crippen molar-refractivity contribution in [1.82, 2.24) is 4.90 Å². The molecule has 1 aliphatic rings. The first-order valence-corrected chi connectivity index (χ1v) is 11.7. The van der Waals surface area contributed by atoms with Crippen molar-refractivity contribution in [3.8, 4) is 11.5 Å². The molecule has 35 heavy (non-hydrogen) atoms. The van der Waals surface area contributed by atoms with Crippen molar-refractivity contribution in [2.45, 2.75) is 33.4 Å². The SMILES string of the molecule is CCOc1ccc(C2c3c(oc4cc(C)cc(C)c4c3=O)C(=O)N2Cc2ccccc2)cc1OC. The fourth-order valence-corrected chi connectivity index (χ4v) is 4.93. The largest absolute Gasteiger partial charge is 0.493 e. The first-order valence-electron chi connectivity index (χ1n) is 11.7. The average molecular weight is 470 g/mol. The Morgan fingerprint density at radius 1 is 0.971 bits per heavy atom. The lowest BCUT2D eigenvalue weighted by Crippen LogP contribution is -2.29. The topological polar surface area (TPSA) is 69.0 Å². The zero-order valence-electron chi connectivity index (χ0n) is 20.3. The molecule has 4 aromatic rings. The van der Waals surface area contributed by atoms with Gasteiger partial charge in [0.05, 0.1) is 30.7 Å². The fraction of sp³-hybridized carbons (Fsp3) is 0.241. The number of hydrogen-bond donors (Lipinski definition) is 0. The molecule has 0 saturated carbocycles. The second-order valence-corrected chi connectivity index (χ2v) is 8.79. The maximum absolute atomic E-state index is 13.9. The maximum Gasteiger partial charge on any atom is 0.291 e. The Bertz CT molecular complexity index is 1490. The van der Waals surface area contributed by atoms with Gasteiger partial charge in [-0.1, -0.05) is 42.5 Å². The van der Waals surface area contributed by atoms with Gasteiger partial charge in [-0.25, -0.2) is 0 Å². The normalized spacial score (nSPS) is 14.9. The second kappa shape index (κ2) is 8.95. The predicted octanol–water partition coefficient (Wildman–Crippen LogP) is 5.56. The summed E-state index contributed by atoms with van der Waals surface area (Å²) in [5.74, 6) is 0.942. The predicted molar refractivity (Wildman–Crippen MR) is 134 cm³/mol. The minimum atomic E-state index is -0.622. The van der Waals surface area contributed by atoms with Crippen LogP contribution in [-0.4, -0.2) is 24.5 Å². The lowest BCUT2D eigenvalue weighted by atomic mass is 9.96. The molecule has 2 heterocycles. The third-order valence-electron chi connectivity index (χ3n) is 6.41. The molecule has 1 aromatic heterocycles. The highest BCUT2D eigenvalue weighted by Crippen LogP contribution is 2.42. The molecule has 0 aliphatic carbocycles. The lowest BCUT2D eigenvalue weighted by Gasteiger charge is -2.26. The Morgan fingerprint density at radius 3 is 2.46 bits per heavy atom. The maximum atomic E-state index is 13.9. The Labute approximate surface area is 203 Å². The van der Waals surface area contributed by atoms with Gasteiger partial charge in [-0.05, 0) is 61.2 Å². The molecule has 6 nitrogen and oxygen atoms in total. The molecular weight excluding hydrogens is 442 g/mol. The van der Waals surface area contributed by atoms with Crippen molar-refractivity contribution in [3.05, 3.63) is 104 Å². The van der Waals surface area contributed by atoms with Crippen LogP contribution in [0.4, 0.5) is 0 Å². The third kappa shape index (κ3) is 3.85. The molecule has 3 aromatic carbocycles. The first-order chi connectivity index (χ1) is 16.9. The number of carbonyl (C=O) groups is 1. The van der Waals surface area contributed by atoms with Crippen LogP contribution in [-0.2, 0) is 6.54 Å². The first kappa shape index (κ1) is 22.7. The van der Waals surface area contributed by atoms with Gasteiger partial charge in [0.1, 0.15) is 5.58 Å². The summed E-state index contributed by atoms with van der Waals surface area (Å²) in [4.78, 5) is 29.3. The van der Waals surface area contributed by atoms with Crippen LogP contribution in [0.25, 0.3) is 11.0 Å². The van der Waals surface area contributed by atoms with Crippen molar-refractivity contribution >= 4 is 16.9 Å². The van der Waals surface area contributed by atoms with E-state index in [0.29, 0.717) is 41.2 Å². The molecule has 6 heteroatoms. The van der Waals surface area contributed by atoms with E-state index < -0.39 is 6.04 Å². The van der Waals surface area contributed by atoms with Crippen LogP contribution in [0.1, 0.15) is 51.3 Å². The Kier molecular flexibility index (Phi) is 5.81. The second-order valence-electron chi connectivity index (χ2n) is 8.79. The molecule has 0 bridgehead atoms. The number of carbonyl (C=O) groups excluding carboxylic acids is 1. The molecule has 1 aliphatic heterocycles. The van der Waals surface area contributed by atoms with E-state index in [2.05, 4.69) is 0 Å². The van der Waals surface area contributed by atoms with Crippen LogP contribution in [0.5, 0.6) is 11.5 Å². The number of fused-ring (bicyclic) bond motifs is 2. The summed E-state index contributed by atoms with van der Waals surface area (Å²) in [6, 6.07) is 18.4. The van der Waals surface area contributed by atoms with Gasteiger partial charge in [-0.15, -0.1) is 0 Å². The molecule has 1 unspecified atom stereocenters. The lowest BCUT2D eigenvalue weighted by molar-refractivity contribution is 0.0714. The van der Waals surface area contributed by atoms with Crippen LogP contribution in [0, 0.1) is 13.8 Å². The fourth-order valence-electron chi connectivity index (χ4n) is 4.93.